The van der Waals surface area contributed by atoms with E-state index in [0.29, 0.717) is 16.5 Å². The van der Waals surface area contributed by atoms with Crippen molar-refractivity contribution in [3.8, 4) is 0 Å². The van der Waals surface area contributed by atoms with Crippen LogP contribution in [0.3, 0.4) is 0 Å². The van der Waals surface area contributed by atoms with E-state index in [1.807, 2.05) is 11.8 Å². The van der Waals surface area contributed by atoms with Crippen molar-refractivity contribution in [1.82, 2.24) is 10.5 Å². The number of hydrogen-bond acceptors (Lipinski definition) is 4. The van der Waals surface area contributed by atoms with Crippen molar-refractivity contribution in [3.63, 3.8) is 0 Å². The van der Waals surface area contributed by atoms with Crippen molar-refractivity contribution in [2.75, 3.05) is 6.26 Å². The first-order chi connectivity index (χ1) is 9.11. The molecule has 1 aliphatic carbocycles. The lowest BCUT2D eigenvalue weighted by Crippen LogP contribution is -2.44. The van der Waals surface area contributed by atoms with Crippen LogP contribution in [-0.4, -0.2) is 28.6 Å². The quantitative estimate of drug-likeness (QED) is 0.929. The lowest BCUT2D eigenvalue weighted by Gasteiger charge is -2.30. The molecule has 6 heteroatoms. The predicted molar refractivity (Wildman–Crippen MR) is 77.7 cm³/mol. The van der Waals surface area contributed by atoms with E-state index in [-0.39, 0.29) is 23.6 Å². The Balaban J connectivity index is 1.93. The van der Waals surface area contributed by atoms with E-state index >= 15 is 0 Å². The van der Waals surface area contributed by atoms with Gasteiger partial charge in [-0.05, 0) is 37.6 Å². The van der Waals surface area contributed by atoms with Gasteiger partial charge in [-0.1, -0.05) is 18.0 Å². The van der Waals surface area contributed by atoms with Gasteiger partial charge in [-0.2, -0.15) is 11.8 Å². The second-order valence-electron chi connectivity index (χ2n) is 4.93. The summed E-state index contributed by atoms with van der Waals surface area (Å²) in [6, 6.07) is 0.273. The zero-order valence-electron chi connectivity index (χ0n) is 11.2. The van der Waals surface area contributed by atoms with Crippen LogP contribution in [0.4, 0.5) is 0 Å². The van der Waals surface area contributed by atoms with Gasteiger partial charge in [0.15, 0.2) is 0 Å². The van der Waals surface area contributed by atoms with E-state index in [4.69, 9.17) is 16.1 Å². The maximum Gasteiger partial charge on any atom is 0.229 e. The van der Waals surface area contributed by atoms with Gasteiger partial charge >= 0.3 is 0 Å². The molecule has 4 nitrogen and oxygen atoms in total. The zero-order valence-corrected chi connectivity index (χ0v) is 12.8. The fraction of sp³-hybridized carbons (Fsp3) is 0.692. The number of hydrogen-bond donors (Lipinski definition) is 1. The third-order valence-corrected chi connectivity index (χ3v) is 5.09. The number of carbonyl (C=O) groups is 1. The summed E-state index contributed by atoms with van der Waals surface area (Å²) < 4.78 is 4.86. The minimum Gasteiger partial charge on any atom is -0.352 e. The Labute approximate surface area is 122 Å². The minimum atomic E-state index is -0.000787. The third kappa shape index (κ3) is 3.66. The Morgan fingerprint density at radius 1 is 1.53 bits per heavy atom. The molecule has 1 aromatic heterocycles. The smallest absolute Gasteiger partial charge is 0.229 e. The summed E-state index contributed by atoms with van der Waals surface area (Å²) in [4.78, 5) is 12.1. The van der Waals surface area contributed by atoms with Crippen LogP contribution >= 0.6 is 23.4 Å². The first-order valence-electron chi connectivity index (χ1n) is 6.54. The summed E-state index contributed by atoms with van der Waals surface area (Å²) in [6.07, 6.45) is 7.04. The van der Waals surface area contributed by atoms with Crippen LogP contribution in [0, 0.1) is 6.92 Å². The van der Waals surface area contributed by atoms with Crippen molar-refractivity contribution in [1.29, 1.82) is 0 Å². The van der Waals surface area contributed by atoms with Gasteiger partial charge in [0.2, 0.25) is 11.1 Å². The van der Waals surface area contributed by atoms with Crippen LogP contribution in [0.15, 0.2) is 4.52 Å². The molecule has 0 aromatic carbocycles. The number of amides is 1. The van der Waals surface area contributed by atoms with Gasteiger partial charge in [0.25, 0.3) is 0 Å². The van der Waals surface area contributed by atoms with E-state index < -0.39 is 0 Å². The molecule has 2 atom stereocenters. The number of aryl methyl sites for hydroxylation is 1. The van der Waals surface area contributed by atoms with Gasteiger partial charge in [0.1, 0.15) is 0 Å². The topological polar surface area (TPSA) is 55.1 Å². The number of carbonyl (C=O) groups excluding carboxylic acids is 1. The summed E-state index contributed by atoms with van der Waals surface area (Å²) in [5, 5.41) is 7.63. The summed E-state index contributed by atoms with van der Waals surface area (Å²) in [6.45, 7) is 1.79. The Kier molecular flexibility index (Phi) is 5.16. The molecule has 0 unspecified atom stereocenters. The molecule has 1 aliphatic rings. The number of rotatable bonds is 4. The first-order valence-corrected chi connectivity index (χ1v) is 8.21. The summed E-state index contributed by atoms with van der Waals surface area (Å²) in [5.74, 6) is -0.000787. The van der Waals surface area contributed by atoms with Crippen molar-refractivity contribution in [2.24, 2.45) is 0 Å². The van der Waals surface area contributed by atoms with Gasteiger partial charge in [-0.15, -0.1) is 0 Å². The number of thioether (sulfide) groups is 1. The lowest BCUT2D eigenvalue weighted by atomic mass is 9.94. The molecular formula is C13H19ClN2O2S. The van der Waals surface area contributed by atoms with Crippen LogP contribution in [0.5, 0.6) is 0 Å². The Morgan fingerprint density at radius 2 is 2.26 bits per heavy atom. The van der Waals surface area contributed by atoms with E-state index in [1.165, 1.54) is 19.3 Å². The maximum absolute atomic E-state index is 12.1. The van der Waals surface area contributed by atoms with E-state index in [9.17, 15) is 4.79 Å². The highest BCUT2D eigenvalue weighted by atomic mass is 35.5. The number of halogens is 1. The maximum atomic E-state index is 12.1. The van der Waals surface area contributed by atoms with E-state index in [0.717, 1.165) is 6.42 Å². The van der Waals surface area contributed by atoms with Crippen LogP contribution in [0.1, 0.15) is 36.9 Å². The van der Waals surface area contributed by atoms with Crippen molar-refractivity contribution < 1.29 is 9.32 Å². The monoisotopic (exact) mass is 302 g/mol. The van der Waals surface area contributed by atoms with Crippen molar-refractivity contribution >= 4 is 29.3 Å². The number of aromatic nitrogens is 1. The van der Waals surface area contributed by atoms with Crippen LogP contribution in [0.2, 0.25) is 5.22 Å². The fourth-order valence-corrected chi connectivity index (χ4v) is 3.69. The largest absolute Gasteiger partial charge is 0.352 e. The number of nitrogens with zero attached hydrogens (tertiary/aromatic N) is 1. The molecule has 1 amide bonds. The molecule has 1 fully saturated rings. The summed E-state index contributed by atoms with van der Waals surface area (Å²) >= 11 is 7.71. The molecule has 1 saturated carbocycles. The normalized spacial score (nSPS) is 23.3. The zero-order chi connectivity index (χ0) is 13.8. The highest BCUT2D eigenvalue weighted by Gasteiger charge is 2.26. The van der Waals surface area contributed by atoms with Crippen LogP contribution in [-0.2, 0) is 11.2 Å². The molecule has 106 valence electrons. The molecule has 2 rings (SSSR count). The van der Waals surface area contributed by atoms with E-state index in [2.05, 4.69) is 16.7 Å². The van der Waals surface area contributed by atoms with E-state index in [1.54, 1.807) is 6.92 Å². The minimum absolute atomic E-state index is 0.000787. The van der Waals surface area contributed by atoms with Crippen molar-refractivity contribution in [3.05, 3.63) is 16.5 Å². The molecule has 0 bridgehead atoms. The van der Waals surface area contributed by atoms with Gasteiger partial charge in [-0.25, -0.2) is 0 Å². The Morgan fingerprint density at radius 3 is 2.89 bits per heavy atom. The molecule has 1 N–H and O–H groups in total. The summed E-state index contributed by atoms with van der Waals surface area (Å²) in [5.41, 5.74) is 1.38. The van der Waals surface area contributed by atoms with Crippen LogP contribution < -0.4 is 5.32 Å². The molecule has 1 aromatic rings. The van der Waals surface area contributed by atoms with Gasteiger partial charge in [0, 0.05) is 16.9 Å². The molecule has 0 radical (unpaired) electrons. The average molecular weight is 303 g/mol. The highest BCUT2D eigenvalue weighted by molar-refractivity contribution is 7.99. The fourth-order valence-electron chi connectivity index (χ4n) is 2.52. The Hall–Kier alpha value is -0.680. The third-order valence-electron chi connectivity index (χ3n) is 3.63. The molecule has 19 heavy (non-hydrogen) atoms. The Bertz CT molecular complexity index is 430. The standard InChI is InChI=1S/C13H19ClN2O2S/c1-8-9(13(14)18-16-8)7-12(17)15-10-5-3-4-6-11(10)19-2/h10-11H,3-7H2,1-2H3,(H,15,17)/t10-,11-/m0/s1. The molecule has 0 saturated heterocycles. The molecule has 1 heterocycles. The predicted octanol–water partition coefficient (Wildman–Crippen LogP) is 2.97. The highest BCUT2D eigenvalue weighted by Crippen LogP contribution is 2.27. The average Bonchev–Trinajstić information content (AvgIpc) is 2.71. The van der Waals surface area contributed by atoms with Gasteiger partial charge in [0.05, 0.1) is 12.1 Å². The van der Waals surface area contributed by atoms with Gasteiger partial charge in [-0.3, -0.25) is 4.79 Å². The second kappa shape index (κ2) is 6.66. The SMILES string of the molecule is CS[C@H]1CCCC[C@@H]1NC(=O)Cc1c(C)noc1Cl. The number of nitrogens with one attached hydrogen (secondary N) is 1. The summed E-state index contributed by atoms with van der Waals surface area (Å²) in [7, 11) is 0. The van der Waals surface area contributed by atoms with Crippen molar-refractivity contribution in [2.45, 2.75) is 50.3 Å². The first kappa shape index (κ1) is 14.7. The lowest BCUT2D eigenvalue weighted by molar-refractivity contribution is -0.121. The van der Waals surface area contributed by atoms with Gasteiger partial charge < -0.3 is 9.84 Å². The second-order valence-corrected chi connectivity index (χ2v) is 6.35. The van der Waals surface area contributed by atoms with Crippen LogP contribution in [0.25, 0.3) is 0 Å². The molecular weight excluding hydrogens is 284 g/mol. The molecule has 0 spiro atoms. The molecule has 0 aliphatic heterocycles.